The van der Waals surface area contributed by atoms with Crippen LogP contribution in [0.1, 0.15) is 33.1 Å². The maximum Gasteiger partial charge on any atom is 0.270 e. The molecule has 0 aromatic rings. The van der Waals surface area contributed by atoms with E-state index in [-0.39, 0.29) is 6.17 Å². The van der Waals surface area contributed by atoms with Gasteiger partial charge in [-0.25, -0.2) is 0 Å². The number of hydrazone groups is 1. The van der Waals surface area contributed by atoms with Crippen molar-refractivity contribution in [3.63, 3.8) is 0 Å². The van der Waals surface area contributed by atoms with Crippen molar-refractivity contribution in [2.45, 2.75) is 43.2 Å². The van der Waals surface area contributed by atoms with E-state index in [1.54, 1.807) is 11.2 Å². The van der Waals surface area contributed by atoms with Gasteiger partial charge in [0.25, 0.3) is 3.92 Å². The average Bonchev–Trinajstić information content (AvgIpc) is 2.56. The highest BCUT2D eigenvalue weighted by molar-refractivity contribution is 6.67. The zero-order chi connectivity index (χ0) is 11.5. The standard InChI is InChI=1S/C9H16Cl3N3/c1-3-5-6-8-14(9(10,11)12)7-13-15(8)4-2/h7-8H,3-6H2,1-2H3. The molecule has 0 N–H and O–H groups in total. The van der Waals surface area contributed by atoms with E-state index in [0.29, 0.717) is 0 Å². The number of nitrogens with zero attached hydrogens (tertiary/aromatic N) is 3. The third-order valence-electron chi connectivity index (χ3n) is 2.42. The van der Waals surface area contributed by atoms with Gasteiger partial charge in [0.1, 0.15) is 12.5 Å². The Morgan fingerprint density at radius 3 is 2.47 bits per heavy atom. The molecule has 0 spiro atoms. The fourth-order valence-electron chi connectivity index (χ4n) is 1.62. The van der Waals surface area contributed by atoms with Crippen LogP contribution in [0.4, 0.5) is 0 Å². The maximum atomic E-state index is 5.87. The second-order valence-electron chi connectivity index (χ2n) is 3.48. The Morgan fingerprint density at radius 2 is 2.00 bits per heavy atom. The van der Waals surface area contributed by atoms with Gasteiger partial charge in [-0.15, -0.1) is 0 Å². The minimum absolute atomic E-state index is 0.0717. The molecule has 0 radical (unpaired) electrons. The predicted molar refractivity (Wildman–Crippen MR) is 66.3 cm³/mol. The van der Waals surface area contributed by atoms with E-state index >= 15 is 0 Å². The summed E-state index contributed by atoms with van der Waals surface area (Å²) in [6.45, 7) is 5.01. The highest BCUT2D eigenvalue weighted by Crippen LogP contribution is 2.35. The van der Waals surface area contributed by atoms with Crippen LogP contribution in [0.2, 0.25) is 0 Å². The quantitative estimate of drug-likeness (QED) is 0.577. The molecule has 1 unspecified atom stereocenters. The molecule has 15 heavy (non-hydrogen) atoms. The van der Waals surface area contributed by atoms with Crippen molar-refractivity contribution in [3.05, 3.63) is 0 Å². The molecule has 0 bridgehead atoms. The van der Waals surface area contributed by atoms with Gasteiger partial charge in [-0.1, -0.05) is 48.1 Å². The summed E-state index contributed by atoms with van der Waals surface area (Å²) in [6.07, 6.45) is 4.86. The van der Waals surface area contributed by atoms with Crippen LogP contribution in [0.15, 0.2) is 5.10 Å². The van der Waals surface area contributed by atoms with E-state index in [9.17, 15) is 0 Å². The van der Waals surface area contributed by atoms with E-state index in [0.717, 1.165) is 25.8 Å². The molecule has 0 saturated heterocycles. The van der Waals surface area contributed by atoms with E-state index in [1.807, 2.05) is 11.9 Å². The summed E-state index contributed by atoms with van der Waals surface area (Å²) in [4.78, 5) is 1.68. The van der Waals surface area contributed by atoms with Gasteiger partial charge in [-0.2, -0.15) is 5.10 Å². The Hall–Kier alpha value is 0.140. The van der Waals surface area contributed by atoms with Crippen molar-refractivity contribution in [3.8, 4) is 0 Å². The molecular formula is C9H16Cl3N3. The van der Waals surface area contributed by atoms with E-state index < -0.39 is 3.92 Å². The van der Waals surface area contributed by atoms with Crippen LogP contribution in [-0.4, -0.2) is 32.9 Å². The minimum atomic E-state index is -1.41. The third kappa shape index (κ3) is 3.30. The third-order valence-corrected chi connectivity index (χ3v) is 3.01. The number of halogens is 3. The lowest BCUT2D eigenvalue weighted by atomic mass is 10.2. The Kier molecular flexibility index (Phi) is 4.81. The lowest BCUT2D eigenvalue weighted by Crippen LogP contribution is -2.45. The van der Waals surface area contributed by atoms with Crippen molar-refractivity contribution in [2.75, 3.05) is 6.54 Å². The van der Waals surface area contributed by atoms with Crippen LogP contribution in [0.5, 0.6) is 0 Å². The van der Waals surface area contributed by atoms with Crippen LogP contribution < -0.4 is 0 Å². The van der Waals surface area contributed by atoms with Gasteiger partial charge < -0.3 is 0 Å². The summed E-state index contributed by atoms with van der Waals surface area (Å²) in [7, 11) is 0. The molecule has 0 aromatic heterocycles. The highest BCUT2D eigenvalue weighted by Gasteiger charge is 2.38. The fourth-order valence-corrected chi connectivity index (χ4v) is 2.09. The van der Waals surface area contributed by atoms with Crippen LogP contribution in [0, 0.1) is 0 Å². The second kappa shape index (κ2) is 5.46. The highest BCUT2D eigenvalue weighted by atomic mass is 35.6. The normalized spacial score (nSPS) is 21.5. The van der Waals surface area contributed by atoms with Gasteiger partial charge in [-0.05, 0) is 19.8 Å². The molecule has 0 amide bonds. The molecule has 3 nitrogen and oxygen atoms in total. The van der Waals surface area contributed by atoms with Crippen molar-refractivity contribution in [1.29, 1.82) is 0 Å². The summed E-state index contributed by atoms with van der Waals surface area (Å²) >= 11 is 17.6. The topological polar surface area (TPSA) is 18.8 Å². The zero-order valence-corrected chi connectivity index (χ0v) is 11.2. The van der Waals surface area contributed by atoms with Crippen LogP contribution >= 0.6 is 34.8 Å². The van der Waals surface area contributed by atoms with Crippen molar-refractivity contribution >= 4 is 41.1 Å². The molecule has 0 aliphatic carbocycles. The molecule has 1 rings (SSSR count). The first-order chi connectivity index (χ1) is 7.00. The van der Waals surface area contributed by atoms with Gasteiger partial charge in [0.15, 0.2) is 0 Å². The van der Waals surface area contributed by atoms with Crippen LogP contribution in [0.25, 0.3) is 0 Å². The lowest BCUT2D eigenvalue weighted by molar-refractivity contribution is 0.124. The molecule has 88 valence electrons. The predicted octanol–water partition coefficient (Wildman–Crippen LogP) is 3.41. The summed E-state index contributed by atoms with van der Waals surface area (Å²) in [5, 5.41) is 6.16. The number of hydrogen-bond acceptors (Lipinski definition) is 3. The van der Waals surface area contributed by atoms with Crippen molar-refractivity contribution in [1.82, 2.24) is 9.91 Å². The van der Waals surface area contributed by atoms with Gasteiger partial charge in [0.2, 0.25) is 0 Å². The lowest BCUT2D eigenvalue weighted by Gasteiger charge is -2.34. The van der Waals surface area contributed by atoms with E-state index in [2.05, 4.69) is 12.0 Å². The minimum Gasteiger partial charge on any atom is -0.295 e. The Bertz CT molecular complexity index is 227. The number of hydrogen-bond donors (Lipinski definition) is 0. The first-order valence-corrected chi connectivity index (χ1v) is 6.30. The molecule has 0 aromatic carbocycles. The monoisotopic (exact) mass is 271 g/mol. The van der Waals surface area contributed by atoms with Crippen molar-refractivity contribution < 1.29 is 0 Å². The number of rotatable bonds is 4. The van der Waals surface area contributed by atoms with Crippen LogP contribution in [-0.2, 0) is 0 Å². The first kappa shape index (κ1) is 13.2. The molecule has 0 saturated carbocycles. The summed E-state index contributed by atoms with van der Waals surface area (Å²) in [5.41, 5.74) is 0. The Labute approximate surface area is 106 Å². The summed E-state index contributed by atoms with van der Waals surface area (Å²) in [5.74, 6) is 0. The SMILES string of the molecule is CCCCC1N(CC)N=CN1C(Cl)(Cl)Cl. The maximum absolute atomic E-state index is 5.87. The molecule has 6 heteroatoms. The molecule has 1 aliphatic heterocycles. The summed E-state index contributed by atoms with van der Waals surface area (Å²) < 4.78 is -1.41. The first-order valence-electron chi connectivity index (χ1n) is 5.16. The van der Waals surface area contributed by atoms with E-state index in [1.165, 1.54) is 0 Å². The Balaban J connectivity index is 2.67. The van der Waals surface area contributed by atoms with Gasteiger partial charge in [-0.3, -0.25) is 9.91 Å². The Morgan fingerprint density at radius 1 is 1.33 bits per heavy atom. The average molecular weight is 273 g/mol. The van der Waals surface area contributed by atoms with Crippen molar-refractivity contribution in [2.24, 2.45) is 5.10 Å². The molecule has 0 fully saturated rings. The van der Waals surface area contributed by atoms with Gasteiger partial charge in [0, 0.05) is 6.54 Å². The number of unbranched alkanes of at least 4 members (excludes halogenated alkanes) is 1. The largest absolute Gasteiger partial charge is 0.295 e. The smallest absolute Gasteiger partial charge is 0.270 e. The second-order valence-corrected chi connectivity index (χ2v) is 5.71. The van der Waals surface area contributed by atoms with E-state index in [4.69, 9.17) is 34.8 Å². The summed E-state index contributed by atoms with van der Waals surface area (Å²) in [6, 6.07) is 0. The zero-order valence-electron chi connectivity index (χ0n) is 8.96. The fraction of sp³-hybridized carbons (Fsp3) is 0.889. The number of alkyl halides is 3. The van der Waals surface area contributed by atoms with Gasteiger partial charge >= 0.3 is 0 Å². The van der Waals surface area contributed by atoms with Crippen LogP contribution in [0.3, 0.4) is 0 Å². The molecule has 1 heterocycles. The molecule has 1 atom stereocenters. The molecule has 1 aliphatic rings. The molecular weight excluding hydrogens is 256 g/mol. The van der Waals surface area contributed by atoms with Gasteiger partial charge in [0.05, 0.1) is 0 Å².